The molecular weight excluding hydrogens is 476 g/mol. The van der Waals surface area contributed by atoms with Crippen LogP contribution in [0, 0.1) is 0 Å². The Morgan fingerprint density at radius 1 is 0.622 bits per heavy atom. The number of unbranched alkanes of at least 4 members (excludes halogenated alkanes) is 9. The van der Waals surface area contributed by atoms with E-state index < -0.39 is 5.97 Å². The van der Waals surface area contributed by atoms with Crippen LogP contribution < -0.4 is 9.84 Å². The molecule has 0 atom stereocenters. The van der Waals surface area contributed by atoms with E-state index in [0.717, 1.165) is 18.8 Å². The standard InChI is InChI=1S/C30H39OS.C3H6O2/c1-2-3-4-5-6-7-8-9-10-17-26-31-27-22-24-30(25-23-27)32(28-18-13-11-14-19-28)29-20-15-12-16-21-29;1-2-3(4)5/h11-16,18-25H,2-10,17,26H2,1H3;2H2,1H3,(H,4,5)/q+1;/p-1. The Hall–Kier alpha value is -2.72. The van der Waals surface area contributed by atoms with Gasteiger partial charge in [-0.3, -0.25) is 0 Å². The number of carbonyl (C=O) groups excluding carboxylic acids is 1. The molecule has 0 N–H and O–H groups in total. The number of hydrogen-bond donors (Lipinski definition) is 0. The fourth-order valence-corrected chi connectivity index (χ4v) is 6.06. The van der Waals surface area contributed by atoms with E-state index >= 15 is 0 Å². The smallest absolute Gasteiger partial charge is 0.166 e. The number of ether oxygens (including phenoxy) is 1. The normalized spacial score (nSPS) is 10.6. The fourth-order valence-electron chi connectivity index (χ4n) is 3.97. The van der Waals surface area contributed by atoms with Crippen LogP contribution in [0.15, 0.2) is 99.6 Å². The first kappa shape index (κ1) is 30.5. The summed E-state index contributed by atoms with van der Waals surface area (Å²) in [7, 11) is -0.0938. The molecule has 0 saturated carbocycles. The summed E-state index contributed by atoms with van der Waals surface area (Å²) in [4.78, 5) is 13.3. The lowest BCUT2D eigenvalue weighted by Crippen LogP contribution is -2.19. The van der Waals surface area contributed by atoms with Crippen LogP contribution in [0.2, 0.25) is 0 Å². The van der Waals surface area contributed by atoms with E-state index in [4.69, 9.17) is 4.74 Å². The van der Waals surface area contributed by atoms with Gasteiger partial charge in [-0.2, -0.15) is 0 Å². The number of carboxylic acids is 1. The lowest BCUT2D eigenvalue weighted by molar-refractivity contribution is -0.305. The van der Waals surface area contributed by atoms with Crippen LogP contribution in [0.1, 0.15) is 84.5 Å². The highest BCUT2D eigenvalue weighted by Crippen LogP contribution is 2.31. The molecule has 0 fully saturated rings. The highest BCUT2D eigenvalue weighted by atomic mass is 32.2. The molecule has 0 aromatic heterocycles. The van der Waals surface area contributed by atoms with Crippen LogP contribution >= 0.6 is 0 Å². The van der Waals surface area contributed by atoms with Crippen molar-refractivity contribution in [2.24, 2.45) is 0 Å². The van der Waals surface area contributed by atoms with Crippen molar-refractivity contribution in [1.29, 1.82) is 0 Å². The molecule has 0 heterocycles. The minimum atomic E-state index is -0.995. The predicted octanol–water partition coefficient (Wildman–Crippen LogP) is 8.23. The first-order valence-corrected chi connectivity index (χ1v) is 15.1. The first-order chi connectivity index (χ1) is 18.2. The molecule has 0 aliphatic heterocycles. The van der Waals surface area contributed by atoms with E-state index in [2.05, 4.69) is 91.9 Å². The van der Waals surface area contributed by atoms with Crippen LogP contribution in [0.25, 0.3) is 0 Å². The third-order valence-corrected chi connectivity index (χ3v) is 8.30. The number of carbonyl (C=O) groups is 1. The molecule has 3 rings (SSSR count). The van der Waals surface area contributed by atoms with Crippen molar-refractivity contribution in [1.82, 2.24) is 0 Å². The molecule has 200 valence electrons. The number of rotatable bonds is 16. The van der Waals surface area contributed by atoms with Gasteiger partial charge in [0.1, 0.15) is 5.75 Å². The fraction of sp³-hybridized carbons (Fsp3) is 0.424. The second-order valence-corrected chi connectivity index (χ2v) is 11.2. The predicted molar refractivity (Wildman–Crippen MR) is 154 cm³/mol. The molecule has 0 aliphatic rings. The molecule has 4 heteroatoms. The molecule has 3 nitrogen and oxygen atoms in total. The van der Waals surface area contributed by atoms with Gasteiger partial charge in [0.05, 0.1) is 17.5 Å². The lowest BCUT2D eigenvalue weighted by atomic mass is 10.1. The summed E-state index contributed by atoms with van der Waals surface area (Å²) in [6.07, 6.45) is 13.6. The van der Waals surface area contributed by atoms with Crippen molar-refractivity contribution in [2.75, 3.05) is 6.61 Å². The molecule has 0 unspecified atom stereocenters. The van der Waals surface area contributed by atoms with Gasteiger partial charge in [0.2, 0.25) is 0 Å². The molecule has 37 heavy (non-hydrogen) atoms. The number of benzene rings is 3. The minimum absolute atomic E-state index is 0.0938. The van der Waals surface area contributed by atoms with Crippen molar-refractivity contribution >= 4 is 16.9 Å². The van der Waals surface area contributed by atoms with E-state index in [1.54, 1.807) is 0 Å². The zero-order valence-electron chi connectivity index (χ0n) is 22.7. The Morgan fingerprint density at radius 3 is 1.46 bits per heavy atom. The van der Waals surface area contributed by atoms with Gasteiger partial charge in [-0.25, -0.2) is 0 Å². The number of aliphatic carboxylic acids is 1. The zero-order valence-corrected chi connectivity index (χ0v) is 23.5. The number of carboxylic acid groups (broad SMARTS) is 1. The SMILES string of the molecule is CCC(=O)[O-].CCCCCCCCCCCCOc1ccc([S+](c2ccccc2)c2ccccc2)cc1. The minimum Gasteiger partial charge on any atom is -0.550 e. The van der Waals surface area contributed by atoms with E-state index in [0.29, 0.717) is 0 Å². The van der Waals surface area contributed by atoms with Gasteiger partial charge in [0, 0.05) is 5.97 Å². The summed E-state index contributed by atoms with van der Waals surface area (Å²) < 4.78 is 6.03. The van der Waals surface area contributed by atoms with E-state index in [9.17, 15) is 9.90 Å². The van der Waals surface area contributed by atoms with Crippen LogP contribution in [-0.4, -0.2) is 12.6 Å². The Balaban J connectivity index is 0.000000877. The summed E-state index contributed by atoms with van der Waals surface area (Å²) in [6, 6.07) is 30.3. The summed E-state index contributed by atoms with van der Waals surface area (Å²) in [6.45, 7) is 4.64. The quantitative estimate of drug-likeness (QED) is 0.141. The van der Waals surface area contributed by atoms with Crippen molar-refractivity contribution in [2.45, 2.75) is 99.2 Å². The maximum absolute atomic E-state index is 9.26. The molecule has 0 aliphatic carbocycles. The van der Waals surface area contributed by atoms with E-state index in [-0.39, 0.29) is 17.3 Å². The Kier molecular flexibility index (Phi) is 16.0. The van der Waals surface area contributed by atoms with Crippen molar-refractivity contribution < 1.29 is 14.6 Å². The monoisotopic (exact) mass is 520 g/mol. The number of hydrogen-bond acceptors (Lipinski definition) is 3. The third-order valence-electron chi connectivity index (χ3n) is 6.07. The lowest BCUT2D eigenvalue weighted by Gasteiger charge is -2.10. The molecule has 0 bridgehead atoms. The van der Waals surface area contributed by atoms with Crippen molar-refractivity contribution in [3.8, 4) is 5.75 Å². The van der Waals surface area contributed by atoms with Gasteiger partial charge in [0.25, 0.3) is 0 Å². The molecule has 0 saturated heterocycles. The molecule has 3 aromatic rings. The molecular formula is C33H44O3S. The van der Waals surface area contributed by atoms with Gasteiger partial charge >= 0.3 is 0 Å². The van der Waals surface area contributed by atoms with Gasteiger partial charge in [-0.15, -0.1) is 0 Å². The van der Waals surface area contributed by atoms with E-state index in [1.807, 2.05) is 0 Å². The Bertz CT molecular complexity index is 918. The van der Waals surface area contributed by atoms with E-state index in [1.165, 1.54) is 79.4 Å². The van der Waals surface area contributed by atoms with Crippen LogP contribution in [0.4, 0.5) is 0 Å². The maximum Gasteiger partial charge on any atom is 0.166 e. The summed E-state index contributed by atoms with van der Waals surface area (Å²) in [5, 5.41) is 9.26. The van der Waals surface area contributed by atoms with Crippen molar-refractivity contribution in [3.05, 3.63) is 84.9 Å². The third kappa shape index (κ3) is 12.9. The topological polar surface area (TPSA) is 49.4 Å². The average molecular weight is 521 g/mol. The average Bonchev–Trinajstić information content (AvgIpc) is 2.94. The second-order valence-electron chi connectivity index (χ2n) is 9.16. The molecule has 0 radical (unpaired) electrons. The molecule has 0 amide bonds. The Morgan fingerprint density at radius 2 is 1.03 bits per heavy atom. The molecule has 0 spiro atoms. The largest absolute Gasteiger partial charge is 0.550 e. The zero-order chi connectivity index (χ0) is 26.6. The van der Waals surface area contributed by atoms with Crippen molar-refractivity contribution in [3.63, 3.8) is 0 Å². The van der Waals surface area contributed by atoms with Gasteiger partial charge in [-0.1, -0.05) is 108 Å². The second kappa shape index (κ2) is 19.4. The maximum atomic E-state index is 9.26. The summed E-state index contributed by atoms with van der Waals surface area (Å²) in [5.41, 5.74) is 0. The van der Waals surface area contributed by atoms with Gasteiger partial charge in [-0.05, 0) is 61.4 Å². The molecule has 3 aromatic carbocycles. The Labute approximate surface area is 227 Å². The summed E-state index contributed by atoms with van der Waals surface area (Å²) >= 11 is 0. The van der Waals surface area contributed by atoms with Crippen LogP contribution in [0.5, 0.6) is 5.75 Å². The van der Waals surface area contributed by atoms with Crippen LogP contribution in [0.3, 0.4) is 0 Å². The highest BCUT2D eigenvalue weighted by molar-refractivity contribution is 7.97. The summed E-state index contributed by atoms with van der Waals surface area (Å²) in [5.74, 6) is -0.0145. The van der Waals surface area contributed by atoms with Gasteiger partial charge < -0.3 is 14.6 Å². The highest BCUT2D eigenvalue weighted by Gasteiger charge is 2.28. The van der Waals surface area contributed by atoms with Gasteiger partial charge in [0.15, 0.2) is 14.7 Å². The first-order valence-electron chi connectivity index (χ1n) is 13.9. The van der Waals surface area contributed by atoms with Crippen LogP contribution in [-0.2, 0) is 15.7 Å².